The van der Waals surface area contributed by atoms with E-state index in [4.69, 9.17) is 5.73 Å². The monoisotopic (exact) mass is 251 g/mol. The predicted molar refractivity (Wildman–Crippen MR) is 61.7 cm³/mol. The zero-order valence-corrected chi connectivity index (χ0v) is 10.0. The maximum absolute atomic E-state index is 13.3. The lowest BCUT2D eigenvalue weighted by Crippen LogP contribution is -2.15. The average molecular weight is 252 g/mol. The van der Waals surface area contributed by atoms with Crippen molar-refractivity contribution in [1.82, 2.24) is 0 Å². The van der Waals surface area contributed by atoms with Crippen LogP contribution >= 0.6 is 12.4 Å². The minimum atomic E-state index is -0.842. The molecule has 0 radical (unpaired) electrons. The Kier molecular flexibility index (Phi) is 5.68. The van der Waals surface area contributed by atoms with E-state index in [1.165, 1.54) is 0 Å². The van der Waals surface area contributed by atoms with Gasteiger partial charge in [-0.25, -0.2) is 8.78 Å². The second-order valence-corrected chi connectivity index (χ2v) is 4.03. The molecule has 0 unspecified atom stereocenters. The van der Waals surface area contributed by atoms with Crippen molar-refractivity contribution >= 4 is 12.4 Å². The Balaban J connectivity index is 0.00000225. The van der Waals surface area contributed by atoms with Gasteiger partial charge >= 0.3 is 0 Å². The van der Waals surface area contributed by atoms with E-state index in [1.54, 1.807) is 0 Å². The van der Waals surface area contributed by atoms with Crippen molar-refractivity contribution in [1.29, 1.82) is 0 Å². The van der Waals surface area contributed by atoms with Crippen LogP contribution in [0.4, 0.5) is 8.78 Å². The summed E-state index contributed by atoms with van der Waals surface area (Å²) < 4.78 is 26.3. The summed E-state index contributed by atoms with van der Waals surface area (Å²) in [5, 5.41) is 9.37. The van der Waals surface area contributed by atoms with Crippen molar-refractivity contribution in [3.8, 4) is 5.75 Å². The number of benzene rings is 1. The smallest absolute Gasteiger partial charge is 0.165 e. The normalized spacial score (nSPS) is 12.4. The largest absolute Gasteiger partial charge is 0.505 e. The van der Waals surface area contributed by atoms with Crippen LogP contribution in [-0.2, 0) is 0 Å². The van der Waals surface area contributed by atoms with Crippen molar-refractivity contribution in [3.05, 3.63) is 29.3 Å². The molecule has 2 nitrogen and oxygen atoms in total. The Hall–Kier alpha value is -0.870. The average Bonchev–Trinajstić information content (AvgIpc) is 2.11. The highest BCUT2D eigenvalue weighted by Gasteiger charge is 2.19. The van der Waals surface area contributed by atoms with E-state index in [1.807, 2.05) is 13.8 Å². The van der Waals surface area contributed by atoms with Crippen LogP contribution in [0.1, 0.15) is 31.9 Å². The number of aromatic hydroxyl groups is 1. The van der Waals surface area contributed by atoms with Crippen molar-refractivity contribution in [2.75, 3.05) is 0 Å². The number of nitrogens with two attached hydrogens (primary N) is 1. The van der Waals surface area contributed by atoms with E-state index in [9.17, 15) is 13.9 Å². The number of hydrogen-bond acceptors (Lipinski definition) is 2. The topological polar surface area (TPSA) is 46.2 Å². The lowest BCUT2D eigenvalue weighted by Gasteiger charge is -2.16. The number of halogens is 3. The molecule has 16 heavy (non-hydrogen) atoms. The molecular formula is C11H16ClF2NO. The van der Waals surface area contributed by atoms with Gasteiger partial charge in [0.15, 0.2) is 11.6 Å². The van der Waals surface area contributed by atoms with Gasteiger partial charge in [0.2, 0.25) is 0 Å². The first-order chi connectivity index (χ1) is 6.93. The highest BCUT2D eigenvalue weighted by Crippen LogP contribution is 2.31. The standard InChI is InChI=1S/C11H15F2NO.ClH/c1-6(2)5-9(14)10-7(12)3-4-8(13)11(10)15;/h3-4,6,9,15H,5,14H2,1-2H3;1H/t9-;/m0./s1. The van der Waals surface area contributed by atoms with Gasteiger partial charge in [-0.2, -0.15) is 0 Å². The Morgan fingerprint density at radius 3 is 2.25 bits per heavy atom. The van der Waals surface area contributed by atoms with Gasteiger partial charge < -0.3 is 10.8 Å². The molecule has 0 amide bonds. The summed E-state index contributed by atoms with van der Waals surface area (Å²) in [6.07, 6.45) is 0.494. The van der Waals surface area contributed by atoms with Gasteiger partial charge in [-0.15, -0.1) is 12.4 Å². The molecular weight excluding hydrogens is 236 g/mol. The third kappa shape index (κ3) is 3.32. The third-order valence-electron chi connectivity index (χ3n) is 2.21. The summed E-state index contributed by atoms with van der Waals surface area (Å²) in [6.45, 7) is 3.85. The Morgan fingerprint density at radius 1 is 1.25 bits per heavy atom. The second-order valence-electron chi connectivity index (χ2n) is 4.03. The molecule has 0 spiro atoms. The first kappa shape index (κ1) is 15.1. The van der Waals surface area contributed by atoms with Crippen LogP contribution < -0.4 is 5.73 Å². The molecule has 0 aliphatic heterocycles. The lowest BCUT2D eigenvalue weighted by molar-refractivity contribution is 0.399. The molecule has 1 aromatic carbocycles. The molecule has 0 saturated heterocycles. The van der Waals surface area contributed by atoms with Gasteiger partial charge in [0.25, 0.3) is 0 Å². The minimum Gasteiger partial charge on any atom is -0.505 e. The number of phenols is 1. The summed E-state index contributed by atoms with van der Waals surface area (Å²) in [5.41, 5.74) is 5.56. The molecule has 0 bridgehead atoms. The number of rotatable bonds is 3. The zero-order valence-electron chi connectivity index (χ0n) is 9.21. The van der Waals surface area contributed by atoms with Crippen LogP contribution in [0.2, 0.25) is 0 Å². The quantitative estimate of drug-likeness (QED) is 0.867. The molecule has 0 aromatic heterocycles. The van der Waals surface area contributed by atoms with Crippen LogP contribution in [0.5, 0.6) is 5.75 Å². The van der Waals surface area contributed by atoms with Crippen LogP contribution in [0, 0.1) is 17.6 Å². The molecule has 3 N–H and O–H groups in total. The fourth-order valence-electron chi connectivity index (χ4n) is 1.54. The van der Waals surface area contributed by atoms with Crippen LogP contribution in [0.3, 0.4) is 0 Å². The van der Waals surface area contributed by atoms with Gasteiger partial charge in [0.1, 0.15) is 5.82 Å². The van der Waals surface area contributed by atoms with Crippen LogP contribution in [0.25, 0.3) is 0 Å². The van der Waals surface area contributed by atoms with E-state index >= 15 is 0 Å². The van der Waals surface area contributed by atoms with Crippen molar-refractivity contribution < 1.29 is 13.9 Å². The lowest BCUT2D eigenvalue weighted by atomic mass is 9.96. The van der Waals surface area contributed by atoms with Crippen molar-refractivity contribution in [3.63, 3.8) is 0 Å². The number of phenolic OH excluding ortho intramolecular Hbond substituents is 1. The molecule has 1 aromatic rings. The van der Waals surface area contributed by atoms with E-state index in [2.05, 4.69) is 0 Å². The Morgan fingerprint density at radius 2 is 1.75 bits per heavy atom. The fraction of sp³-hybridized carbons (Fsp3) is 0.455. The molecule has 0 heterocycles. The van der Waals surface area contributed by atoms with Gasteiger partial charge in [-0.1, -0.05) is 13.8 Å². The summed E-state index contributed by atoms with van der Waals surface area (Å²) in [5.74, 6) is -1.93. The van der Waals surface area contributed by atoms with Crippen LogP contribution in [-0.4, -0.2) is 5.11 Å². The summed E-state index contributed by atoms with van der Waals surface area (Å²) in [7, 11) is 0. The van der Waals surface area contributed by atoms with Gasteiger partial charge in [0, 0.05) is 11.6 Å². The van der Waals surface area contributed by atoms with E-state index in [0.717, 1.165) is 12.1 Å². The first-order valence-electron chi connectivity index (χ1n) is 4.86. The Bertz CT molecular complexity index is 358. The molecule has 92 valence electrons. The first-order valence-corrected chi connectivity index (χ1v) is 4.86. The highest BCUT2D eigenvalue weighted by molar-refractivity contribution is 5.85. The van der Waals surface area contributed by atoms with E-state index in [-0.39, 0.29) is 23.9 Å². The van der Waals surface area contributed by atoms with Crippen molar-refractivity contribution in [2.45, 2.75) is 26.3 Å². The van der Waals surface area contributed by atoms with Crippen molar-refractivity contribution in [2.24, 2.45) is 11.7 Å². The third-order valence-corrected chi connectivity index (χ3v) is 2.21. The molecule has 0 aliphatic rings. The summed E-state index contributed by atoms with van der Waals surface area (Å²) in [4.78, 5) is 0. The Labute approximate surface area is 99.9 Å². The summed E-state index contributed by atoms with van der Waals surface area (Å²) in [6, 6.07) is 1.18. The molecule has 0 aliphatic carbocycles. The number of hydrogen-bond donors (Lipinski definition) is 2. The minimum absolute atomic E-state index is 0. The zero-order chi connectivity index (χ0) is 11.6. The van der Waals surface area contributed by atoms with Crippen LogP contribution in [0.15, 0.2) is 12.1 Å². The van der Waals surface area contributed by atoms with Gasteiger partial charge in [-0.05, 0) is 24.5 Å². The molecule has 1 rings (SSSR count). The maximum Gasteiger partial charge on any atom is 0.165 e. The summed E-state index contributed by atoms with van der Waals surface area (Å²) >= 11 is 0. The maximum atomic E-state index is 13.3. The predicted octanol–water partition coefficient (Wildman–Crippen LogP) is 3.14. The van der Waals surface area contributed by atoms with Gasteiger partial charge in [0.05, 0.1) is 0 Å². The molecule has 1 atom stereocenters. The van der Waals surface area contributed by atoms with E-state index in [0.29, 0.717) is 6.42 Å². The molecule has 5 heteroatoms. The highest BCUT2D eigenvalue weighted by atomic mass is 35.5. The molecule has 0 saturated carbocycles. The molecule has 0 fully saturated rings. The SMILES string of the molecule is CC(C)C[C@H](N)c1c(F)ccc(F)c1O.Cl. The van der Waals surface area contributed by atoms with E-state index < -0.39 is 23.4 Å². The second kappa shape index (κ2) is 6.01. The fourth-order valence-corrected chi connectivity index (χ4v) is 1.54. The van der Waals surface area contributed by atoms with Gasteiger partial charge in [-0.3, -0.25) is 0 Å².